The molecule has 0 aromatic carbocycles. The fourth-order valence-corrected chi connectivity index (χ4v) is 0. The summed E-state index contributed by atoms with van der Waals surface area (Å²) in [5, 5.41) is 0. The van der Waals surface area contributed by atoms with Crippen LogP contribution in [0.1, 0.15) is 0 Å². The van der Waals surface area contributed by atoms with Crippen molar-refractivity contribution < 1.29 is 50.0 Å². The molecule has 0 amide bonds. The smallest absolute Gasteiger partial charge is 0.597 e. The van der Waals surface area contributed by atoms with Gasteiger partial charge in [-0.05, 0) is 0 Å². The summed E-state index contributed by atoms with van der Waals surface area (Å²) in [5.41, 5.74) is 0. The summed E-state index contributed by atoms with van der Waals surface area (Å²) < 4.78 is 8.40. The summed E-state index contributed by atoms with van der Waals surface area (Å²) >= 11 is 0. The molecule has 0 saturated heterocycles. The Labute approximate surface area is 58.7 Å². The van der Waals surface area contributed by atoms with E-state index in [2.05, 4.69) is 0 Å². The van der Waals surface area contributed by atoms with Gasteiger partial charge in [-0.1, -0.05) is 4.57 Å². The van der Waals surface area contributed by atoms with Crippen LogP contribution in [0.3, 0.4) is 0 Å². The summed E-state index contributed by atoms with van der Waals surface area (Å²) in [6.45, 7) is 0. The summed E-state index contributed by atoms with van der Waals surface area (Å²) in [6, 6.07) is 0. The molecule has 6 heteroatoms. The molecule has 0 aliphatic heterocycles. The molecular weight excluding hydrogens is 118 g/mol. The Balaban J connectivity index is -0.00000000667. The number of hydrogen-bond donors (Lipinski definition) is 0. The van der Waals surface area contributed by atoms with Crippen molar-refractivity contribution in [2.24, 2.45) is 0 Å². The third kappa shape index (κ3) is 82.1. The Morgan fingerprint density at radius 2 is 1.33 bits per heavy atom. The molecule has 0 bridgehead atoms. The number of rotatable bonds is 0. The molecule has 1 atom stereocenters. The third-order valence-corrected chi connectivity index (χ3v) is 0. The van der Waals surface area contributed by atoms with E-state index in [9.17, 15) is 0 Å². The fraction of sp³-hybridized carbons (Fsp3) is 0. The van der Waals surface area contributed by atoms with Gasteiger partial charge < -0.3 is 15.8 Å². The van der Waals surface area contributed by atoms with E-state index in [1.54, 1.807) is 0 Å². The Morgan fingerprint density at radius 3 is 1.33 bits per heavy atom. The predicted octanol–water partition coefficient (Wildman–Crippen LogP) is -5.36. The molecule has 0 aromatic heterocycles. The van der Waals surface area contributed by atoms with Gasteiger partial charge in [0, 0.05) is 0 Å². The van der Waals surface area contributed by atoms with Gasteiger partial charge in [0.25, 0.3) is 8.69 Å². The van der Waals surface area contributed by atoms with Crippen LogP contribution in [0.5, 0.6) is 0 Å². The van der Waals surface area contributed by atoms with Crippen molar-refractivity contribution in [3.63, 3.8) is 0 Å². The van der Waals surface area contributed by atoms with E-state index in [1.165, 1.54) is 0 Å². The third-order valence-electron chi connectivity index (χ3n) is 0. The molecule has 4 nitrogen and oxygen atoms in total. The molecule has 0 radical (unpaired) electrons. The average Bonchev–Trinajstić information content (AvgIpc) is 0.918. The van der Waals surface area contributed by atoms with Gasteiger partial charge in [0.15, 0.2) is 0 Å². The van der Waals surface area contributed by atoms with E-state index >= 15 is 0 Å². The van der Waals surface area contributed by atoms with E-state index in [0.717, 1.165) is 0 Å². The second-order valence-electron chi connectivity index (χ2n) is 0.0833. The molecule has 0 aromatic rings. The van der Waals surface area contributed by atoms with Gasteiger partial charge in [-0.25, -0.2) is 0 Å². The van der Waals surface area contributed by atoms with Crippen LogP contribution in [0.2, 0.25) is 0 Å². The van der Waals surface area contributed by atoms with Crippen LogP contribution in [0.25, 0.3) is 0 Å². The zero-order chi connectivity index (χ0) is 2.71. The molecule has 0 aliphatic carbocycles. The molecule has 34 valence electrons. The summed E-state index contributed by atoms with van der Waals surface area (Å²) in [6.07, 6.45) is 0. The molecule has 4 N–H and O–H groups in total. The molecule has 0 saturated carbocycles. The first-order valence-corrected chi connectivity index (χ1v) is 1.22. The Hall–Kier alpha value is 0.980. The van der Waals surface area contributed by atoms with E-state index < -0.39 is 8.69 Å². The minimum absolute atomic E-state index is 0. The van der Waals surface area contributed by atoms with Crippen LogP contribution in [-0.2, 0) is 4.57 Å². The van der Waals surface area contributed by atoms with Crippen LogP contribution >= 0.6 is 8.69 Å². The van der Waals surface area contributed by atoms with Gasteiger partial charge >= 0.3 is 29.6 Å². The predicted molar refractivity (Wildman–Crippen MR) is 16.2 cm³/mol. The van der Waals surface area contributed by atoms with Gasteiger partial charge in [0.1, 0.15) is 0 Å². The molecule has 0 aliphatic rings. The molecular formula is H5NaO4P+. The summed E-state index contributed by atoms with van der Waals surface area (Å²) in [4.78, 5) is 8.40. The average molecular weight is 123 g/mol. The topological polar surface area (TPSA) is 103 Å². The molecule has 0 spiro atoms. The second kappa shape index (κ2) is 37.8. The first kappa shape index (κ1) is 28.1. The largest absolute Gasteiger partial charge is 1.00 e. The molecule has 1 unspecified atom stereocenters. The minimum atomic E-state index is -1.42. The second-order valence-corrected chi connectivity index (χ2v) is 0.250. The van der Waals surface area contributed by atoms with Crippen molar-refractivity contribution in [3.05, 3.63) is 0 Å². The maximum atomic E-state index is 8.40. The number of hydrogen-bond acceptors (Lipinski definition) is 2. The summed E-state index contributed by atoms with van der Waals surface area (Å²) in [5.74, 6) is 0. The normalized spacial score (nSPS) is 3.50. The van der Waals surface area contributed by atoms with Crippen molar-refractivity contribution >= 4 is 8.69 Å². The van der Waals surface area contributed by atoms with Gasteiger partial charge in [0.2, 0.25) is 0 Å². The Kier molecular flexibility index (Phi) is 177. The van der Waals surface area contributed by atoms with Crippen LogP contribution in [0.15, 0.2) is 0 Å². The fourth-order valence-electron chi connectivity index (χ4n) is 0. The minimum Gasteiger partial charge on any atom is -0.597 e. The van der Waals surface area contributed by atoms with Crippen LogP contribution in [0, 0.1) is 0 Å². The molecule has 6 heavy (non-hydrogen) atoms. The van der Waals surface area contributed by atoms with E-state index in [0.29, 0.717) is 0 Å². The molecule has 0 fully saturated rings. The van der Waals surface area contributed by atoms with Gasteiger partial charge in [0.05, 0.1) is 0 Å². The standard InChI is InChI=1S/Na.HO2P.2H2O/c;1-3-2;;/h;3H;2*1H2/q+1;;;. The summed E-state index contributed by atoms with van der Waals surface area (Å²) in [7, 11) is -1.42. The van der Waals surface area contributed by atoms with E-state index in [4.69, 9.17) is 9.46 Å². The van der Waals surface area contributed by atoms with Gasteiger partial charge in [-0.2, -0.15) is 0 Å². The van der Waals surface area contributed by atoms with E-state index in [-0.39, 0.29) is 40.5 Å². The molecule has 0 rings (SSSR count). The van der Waals surface area contributed by atoms with E-state index in [1.807, 2.05) is 0 Å². The van der Waals surface area contributed by atoms with Crippen molar-refractivity contribution in [1.82, 2.24) is 0 Å². The van der Waals surface area contributed by atoms with Crippen molar-refractivity contribution in [1.29, 1.82) is 0 Å². The Morgan fingerprint density at radius 1 is 1.33 bits per heavy atom. The SMILES string of the molecule is O.O.O=[PH+][O-].[Na+]. The van der Waals surface area contributed by atoms with Crippen molar-refractivity contribution in [3.8, 4) is 0 Å². The maximum absolute atomic E-state index is 8.40. The van der Waals surface area contributed by atoms with Crippen molar-refractivity contribution in [2.75, 3.05) is 0 Å². The van der Waals surface area contributed by atoms with Crippen LogP contribution < -0.4 is 34.5 Å². The van der Waals surface area contributed by atoms with Crippen LogP contribution in [-0.4, -0.2) is 11.0 Å². The first-order valence-electron chi connectivity index (χ1n) is 0.408. The maximum Gasteiger partial charge on any atom is 1.00 e. The van der Waals surface area contributed by atoms with Gasteiger partial charge in [-0.3, -0.25) is 0 Å². The zero-order valence-corrected chi connectivity index (χ0v) is 6.32. The Bertz CT molecular complexity index is 15.0. The monoisotopic (exact) mass is 123 g/mol. The van der Waals surface area contributed by atoms with Crippen molar-refractivity contribution in [2.45, 2.75) is 0 Å². The molecule has 0 heterocycles. The van der Waals surface area contributed by atoms with Crippen LogP contribution in [0.4, 0.5) is 0 Å². The quantitative estimate of drug-likeness (QED) is 0.237. The first-order chi connectivity index (χ1) is 1.41. The van der Waals surface area contributed by atoms with Gasteiger partial charge in [-0.15, -0.1) is 0 Å². The zero-order valence-electron chi connectivity index (χ0n) is 3.32.